The maximum atomic E-state index is 12.3. The first-order chi connectivity index (χ1) is 12.2. The molecule has 1 N–H and O–H groups in total. The van der Waals surface area contributed by atoms with E-state index in [0.717, 1.165) is 29.5 Å². The Kier molecular flexibility index (Phi) is 5.91. The summed E-state index contributed by atoms with van der Waals surface area (Å²) in [6.07, 6.45) is 5.73. The molecule has 0 spiro atoms. The number of hydrogen-bond acceptors (Lipinski definition) is 5. The van der Waals surface area contributed by atoms with Crippen molar-refractivity contribution < 1.29 is 4.79 Å². The number of hydrogen-bond donors (Lipinski definition) is 1. The number of rotatable bonds is 5. The van der Waals surface area contributed by atoms with E-state index in [-0.39, 0.29) is 5.91 Å². The van der Waals surface area contributed by atoms with Gasteiger partial charge in [-0.25, -0.2) is 9.97 Å². The average Bonchev–Trinajstić information content (AvgIpc) is 2.66. The Balaban J connectivity index is 1.65. The lowest BCUT2D eigenvalue weighted by molar-refractivity contribution is 0.0949. The average molecular weight is 356 g/mol. The summed E-state index contributed by atoms with van der Waals surface area (Å²) in [7, 11) is 0. The minimum absolute atomic E-state index is 0.0997. The highest BCUT2D eigenvalue weighted by Crippen LogP contribution is 2.18. The molecule has 1 aliphatic heterocycles. The maximum absolute atomic E-state index is 12.3. The number of nitrogens with one attached hydrogen (secondary N) is 1. The first-order valence-electron chi connectivity index (χ1n) is 8.67. The van der Waals surface area contributed by atoms with Crippen LogP contribution in [0.4, 0.5) is 5.82 Å². The highest BCUT2D eigenvalue weighted by Gasteiger charge is 2.14. The largest absolute Gasteiger partial charge is 0.357 e. The van der Waals surface area contributed by atoms with E-state index >= 15 is 0 Å². The summed E-state index contributed by atoms with van der Waals surface area (Å²) >= 11 is 1.66. The predicted octanol–water partition coefficient (Wildman–Crippen LogP) is 3.43. The Morgan fingerprint density at radius 3 is 2.56 bits per heavy atom. The summed E-state index contributed by atoms with van der Waals surface area (Å²) in [5, 5.41) is 2.92. The van der Waals surface area contributed by atoms with Crippen LogP contribution in [0.5, 0.6) is 0 Å². The van der Waals surface area contributed by atoms with E-state index in [0.29, 0.717) is 17.9 Å². The van der Waals surface area contributed by atoms with Crippen molar-refractivity contribution >= 4 is 23.5 Å². The van der Waals surface area contributed by atoms with Gasteiger partial charge >= 0.3 is 0 Å². The normalized spacial score (nSPS) is 14.4. The molecule has 0 saturated carbocycles. The van der Waals surface area contributed by atoms with Gasteiger partial charge in [0.1, 0.15) is 11.6 Å². The Labute approximate surface area is 153 Å². The van der Waals surface area contributed by atoms with Crippen molar-refractivity contribution in [2.75, 3.05) is 24.2 Å². The zero-order valence-corrected chi connectivity index (χ0v) is 15.6. The number of carbonyl (C=O) groups is 1. The molecule has 5 nitrogen and oxygen atoms in total. The highest BCUT2D eigenvalue weighted by molar-refractivity contribution is 7.98. The minimum atomic E-state index is -0.0997. The second-order valence-corrected chi connectivity index (χ2v) is 7.12. The van der Waals surface area contributed by atoms with E-state index in [1.54, 1.807) is 11.8 Å². The van der Waals surface area contributed by atoms with Gasteiger partial charge in [0.15, 0.2) is 0 Å². The van der Waals surface area contributed by atoms with Crippen molar-refractivity contribution in [2.45, 2.75) is 37.6 Å². The van der Waals surface area contributed by atoms with Gasteiger partial charge in [0.25, 0.3) is 5.91 Å². The van der Waals surface area contributed by atoms with Gasteiger partial charge in [-0.1, -0.05) is 0 Å². The van der Waals surface area contributed by atoms with E-state index in [2.05, 4.69) is 20.2 Å². The van der Waals surface area contributed by atoms with Crippen molar-refractivity contribution in [3.63, 3.8) is 0 Å². The van der Waals surface area contributed by atoms with Crippen molar-refractivity contribution in [3.8, 4) is 0 Å². The van der Waals surface area contributed by atoms with Crippen molar-refractivity contribution in [1.29, 1.82) is 0 Å². The topological polar surface area (TPSA) is 58.1 Å². The molecule has 3 rings (SSSR count). The monoisotopic (exact) mass is 356 g/mol. The first kappa shape index (κ1) is 17.7. The maximum Gasteiger partial charge on any atom is 0.251 e. The molecule has 1 aromatic carbocycles. The lowest BCUT2D eigenvalue weighted by Crippen LogP contribution is -2.31. The van der Waals surface area contributed by atoms with Crippen LogP contribution in [-0.2, 0) is 6.54 Å². The SMILES string of the molecule is CSc1ccc(C(=O)NCc2nc(C)cc(N3CCCCC3)n2)cc1. The second-order valence-electron chi connectivity index (χ2n) is 6.24. The third kappa shape index (κ3) is 4.72. The number of aryl methyl sites for hydroxylation is 1. The van der Waals surface area contributed by atoms with E-state index in [4.69, 9.17) is 0 Å². The van der Waals surface area contributed by atoms with E-state index in [9.17, 15) is 4.79 Å². The van der Waals surface area contributed by atoms with Gasteiger partial charge < -0.3 is 10.2 Å². The quantitative estimate of drug-likeness (QED) is 0.832. The fourth-order valence-corrected chi connectivity index (χ4v) is 3.39. The first-order valence-corrected chi connectivity index (χ1v) is 9.90. The molecule has 0 bridgehead atoms. The molecule has 2 aromatic rings. The van der Waals surface area contributed by atoms with E-state index < -0.39 is 0 Å². The number of piperidine rings is 1. The van der Waals surface area contributed by atoms with Gasteiger partial charge in [0.05, 0.1) is 6.54 Å². The second kappa shape index (κ2) is 8.34. The molecule has 6 heteroatoms. The van der Waals surface area contributed by atoms with Gasteiger partial charge in [-0.2, -0.15) is 0 Å². The molecule has 1 aromatic heterocycles. The highest BCUT2D eigenvalue weighted by atomic mass is 32.2. The number of amides is 1. The molecule has 25 heavy (non-hydrogen) atoms. The van der Waals surface area contributed by atoms with Crippen LogP contribution >= 0.6 is 11.8 Å². The van der Waals surface area contributed by atoms with Crippen LogP contribution in [0.15, 0.2) is 35.2 Å². The van der Waals surface area contributed by atoms with Crippen LogP contribution in [0.1, 0.15) is 41.1 Å². The zero-order valence-electron chi connectivity index (χ0n) is 14.8. The van der Waals surface area contributed by atoms with Crippen molar-refractivity contribution in [1.82, 2.24) is 15.3 Å². The molecular formula is C19H24N4OS. The summed E-state index contributed by atoms with van der Waals surface area (Å²) in [5.41, 5.74) is 1.59. The number of benzene rings is 1. The fourth-order valence-electron chi connectivity index (χ4n) is 2.98. The predicted molar refractivity (Wildman–Crippen MR) is 102 cm³/mol. The summed E-state index contributed by atoms with van der Waals surface area (Å²) in [5.74, 6) is 1.53. The van der Waals surface area contributed by atoms with Crippen molar-refractivity contribution in [3.05, 3.63) is 47.4 Å². The fraction of sp³-hybridized carbons (Fsp3) is 0.421. The summed E-state index contributed by atoms with van der Waals surface area (Å²) in [4.78, 5) is 24.9. The molecule has 1 aliphatic rings. The molecule has 0 unspecified atom stereocenters. The van der Waals surface area contributed by atoms with Crippen LogP contribution in [0.25, 0.3) is 0 Å². The number of aromatic nitrogens is 2. The molecule has 0 aliphatic carbocycles. The summed E-state index contributed by atoms with van der Waals surface area (Å²) in [6, 6.07) is 9.63. The third-order valence-corrected chi connectivity index (χ3v) is 5.07. The summed E-state index contributed by atoms with van der Waals surface area (Å²) in [6.45, 7) is 4.40. The van der Waals surface area contributed by atoms with Crippen LogP contribution in [-0.4, -0.2) is 35.2 Å². The number of anilines is 1. The van der Waals surface area contributed by atoms with Gasteiger partial charge in [0, 0.05) is 35.3 Å². The molecular weight excluding hydrogens is 332 g/mol. The Bertz CT molecular complexity index is 727. The van der Waals surface area contributed by atoms with Crippen LogP contribution in [0.2, 0.25) is 0 Å². The third-order valence-electron chi connectivity index (χ3n) is 4.33. The molecule has 2 heterocycles. The van der Waals surface area contributed by atoms with Gasteiger partial charge in [0.2, 0.25) is 0 Å². The standard InChI is InChI=1S/C19H24N4OS/c1-14-12-18(23-10-4-3-5-11-23)22-17(21-14)13-20-19(24)15-6-8-16(25-2)9-7-15/h6-9,12H,3-5,10-11,13H2,1-2H3,(H,20,24). The van der Waals surface area contributed by atoms with Gasteiger partial charge in [-0.05, 0) is 56.7 Å². The molecule has 0 radical (unpaired) electrons. The number of nitrogens with zero attached hydrogens (tertiary/aromatic N) is 3. The van der Waals surface area contributed by atoms with Crippen LogP contribution in [0.3, 0.4) is 0 Å². The zero-order chi connectivity index (χ0) is 17.6. The smallest absolute Gasteiger partial charge is 0.251 e. The number of thioether (sulfide) groups is 1. The van der Waals surface area contributed by atoms with Gasteiger partial charge in [-0.15, -0.1) is 11.8 Å². The van der Waals surface area contributed by atoms with E-state index in [1.807, 2.05) is 43.5 Å². The van der Waals surface area contributed by atoms with Crippen LogP contribution < -0.4 is 10.2 Å². The van der Waals surface area contributed by atoms with Gasteiger partial charge in [-0.3, -0.25) is 4.79 Å². The molecule has 1 saturated heterocycles. The Morgan fingerprint density at radius 2 is 1.88 bits per heavy atom. The minimum Gasteiger partial charge on any atom is -0.357 e. The lowest BCUT2D eigenvalue weighted by atomic mass is 10.1. The number of carbonyl (C=O) groups excluding carboxylic acids is 1. The Hall–Kier alpha value is -2.08. The molecule has 132 valence electrons. The molecule has 1 amide bonds. The molecule has 1 fully saturated rings. The van der Waals surface area contributed by atoms with E-state index in [1.165, 1.54) is 19.3 Å². The van der Waals surface area contributed by atoms with Crippen molar-refractivity contribution in [2.24, 2.45) is 0 Å². The lowest BCUT2D eigenvalue weighted by Gasteiger charge is -2.28. The van der Waals surface area contributed by atoms with Crippen LogP contribution in [0, 0.1) is 6.92 Å². The molecule has 0 atom stereocenters. The Morgan fingerprint density at radius 1 is 1.16 bits per heavy atom. The summed E-state index contributed by atoms with van der Waals surface area (Å²) < 4.78 is 0.